The van der Waals surface area contributed by atoms with Crippen molar-refractivity contribution in [3.8, 4) is 17.1 Å². The van der Waals surface area contributed by atoms with E-state index in [9.17, 15) is 4.79 Å². The van der Waals surface area contributed by atoms with Crippen molar-refractivity contribution in [2.75, 3.05) is 7.11 Å². The fourth-order valence-electron chi connectivity index (χ4n) is 1.42. The van der Waals surface area contributed by atoms with E-state index in [1.54, 1.807) is 12.1 Å². The molecule has 0 amide bonds. The van der Waals surface area contributed by atoms with Gasteiger partial charge >= 0.3 is 0 Å². The average Bonchev–Trinajstić information content (AvgIpc) is 2.86. The highest BCUT2D eigenvalue weighted by Crippen LogP contribution is 2.29. The van der Waals surface area contributed by atoms with Crippen LogP contribution in [0.2, 0.25) is 0 Å². The van der Waals surface area contributed by atoms with E-state index in [0.717, 1.165) is 0 Å². The Morgan fingerprint density at radius 2 is 2.28 bits per heavy atom. The van der Waals surface area contributed by atoms with Crippen LogP contribution in [0.3, 0.4) is 0 Å². The van der Waals surface area contributed by atoms with Crippen molar-refractivity contribution in [3.05, 3.63) is 29.7 Å². The van der Waals surface area contributed by atoms with Gasteiger partial charge in [-0.1, -0.05) is 5.16 Å². The second kappa shape index (κ2) is 5.37. The zero-order chi connectivity index (χ0) is 13.1. The predicted molar refractivity (Wildman–Crippen MR) is 66.0 cm³/mol. The second-order valence-corrected chi connectivity index (χ2v) is 3.94. The molecule has 0 N–H and O–H groups in total. The van der Waals surface area contributed by atoms with Crippen molar-refractivity contribution in [2.45, 2.75) is 5.88 Å². The van der Waals surface area contributed by atoms with Gasteiger partial charge in [0.05, 0.1) is 12.7 Å². The van der Waals surface area contributed by atoms with Crippen LogP contribution < -0.4 is 4.74 Å². The molecule has 5 nitrogen and oxygen atoms in total. The van der Waals surface area contributed by atoms with Gasteiger partial charge in [-0.3, -0.25) is 4.79 Å². The van der Waals surface area contributed by atoms with Gasteiger partial charge in [0.15, 0.2) is 0 Å². The number of halogens is 2. The van der Waals surface area contributed by atoms with Crippen molar-refractivity contribution < 1.29 is 14.1 Å². The summed E-state index contributed by atoms with van der Waals surface area (Å²) in [6.07, 6.45) is 0. The number of methoxy groups -OCH3 is 1. The normalized spacial score (nSPS) is 10.4. The van der Waals surface area contributed by atoms with Crippen molar-refractivity contribution in [3.63, 3.8) is 0 Å². The SMILES string of the molecule is COc1ccc(C(=O)Cl)cc1-c1noc(CCl)n1. The molecule has 2 rings (SSSR count). The number of ether oxygens (including phenoxy) is 1. The minimum absolute atomic E-state index is 0.115. The van der Waals surface area contributed by atoms with Gasteiger partial charge in [0.2, 0.25) is 11.7 Å². The third-order valence-electron chi connectivity index (χ3n) is 2.25. The highest BCUT2D eigenvalue weighted by molar-refractivity contribution is 6.67. The van der Waals surface area contributed by atoms with E-state index in [4.69, 9.17) is 32.5 Å². The number of hydrogen-bond acceptors (Lipinski definition) is 5. The number of carbonyl (C=O) groups is 1. The Bertz CT molecular complexity index is 583. The van der Waals surface area contributed by atoms with E-state index >= 15 is 0 Å². The van der Waals surface area contributed by atoms with Gasteiger partial charge in [-0.15, -0.1) is 11.6 Å². The Morgan fingerprint density at radius 1 is 1.50 bits per heavy atom. The van der Waals surface area contributed by atoms with Crippen LogP contribution in [-0.2, 0) is 5.88 Å². The van der Waals surface area contributed by atoms with Gasteiger partial charge in [0, 0.05) is 5.56 Å². The highest BCUT2D eigenvalue weighted by atomic mass is 35.5. The summed E-state index contributed by atoms with van der Waals surface area (Å²) in [5.41, 5.74) is 0.841. The molecule has 0 unspecified atom stereocenters. The number of aromatic nitrogens is 2. The third-order valence-corrected chi connectivity index (χ3v) is 2.70. The molecule has 0 fully saturated rings. The summed E-state index contributed by atoms with van der Waals surface area (Å²) in [4.78, 5) is 15.2. The molecule has 0 saturated heterocycles. The minimum Gasteiger partial charge on any atom is -0.496 e. The summed E-state index contributed by atoms with van der Waals surface area (Å²) >= 11 is 11.0. The molecular formula is C11H8Cl2N2O3. The first-order valence-electron chi connectivity index (χ1n) is 4.92. The van der Waals surface area contributed by atoms with Crippen molar-refractivity contribution >= 4 is 28.4 Å². The quantitative estimate of drug-likeness (QED) is 0.639. The minimum atomic E-state index is -0.569. The van der Waals surface area contributed by atoms with Gasteiger partial charge < -0.3 is 9.26 Å². The molecule has 0 atom stereocenters. The van der Waals surface area contributed by atoms with Crippen LogP contribution in [0.4, 0.5) is 0 Å². The van der Waals surface area contributed by atoms with Gasteiger partial charge in [-0.2, -0.15) is 4.98 Å². The largest absolute Gasteiger partial charge is 0.496 e. The first-order valence-corrected chi connectivity index (χ1v) is 5.83. The average molecular weight is 287 g/mol. The number of carbonyl (C=O) groups excluding carboxylic acids is 1. The third kappa shape index (κ3) is 2.47. The molecule has 0 aliphatic rings. The van der Waals surface area contributed by atoms with Crippen molar-refractivity contribution in [1.82, 2.24) is 10.1 Å². The Morgan fingerprint density at radius 3 is 2.83 bits per heavy atom. The lowest BCUT2D eigenvalue weighted by atomic mass is 10.1. The molecule has 18 heavy (non-hydrogen) atoms. The Kier molecular flexibility index (Phi) is 3.84. The summed E-state index contributed by atoms with van der Waals surface area (Å²) in [6.45, 7) is 0. The zero-order valence-electron chi connectivity index (χ0n) is 9.31. The van der Waals surface area contributed by atoms with Crippen molar-refractivity contribution in [2.24, 2.45) is 0 Å². The van der Waals surface area contributed by atoms with Crippen LogP contribution in [0, 0.1) is 0 Å². The molecule has 0 radical (unpaired) electrons. The van der Waals surface area contributed by atoms with E-state index in [1.165, 1.54) is 13.2 Å². The highest BCUT2D eigenvalue weighted by Gasteiger charge is 2.15. The predicted octanol–water partition coefficient (Wildman–Crippen LogP) is 2.86. The standard InChI is InChI=1S/C11H8Cl2N2O3/c1-17-8-3-2-6(10(13)16)4-7(8)11-14-9(5-12)18-15-11/h2-4H,5H2,1H3. The van der Waals surface area contributed by atoms with E-state index < -0.39 is 5.24 Å². The monoisotopic (exact) mass is 286 g/mol. The topological polar surface area (TPSA) is 65.2 Å². The Balaban J connectivity index is 2.52. The van der Waals surface area contributed by atoms with E-state index in [2.05, 4.69) is 10.1 Å². The van der Waals surface area contributed by atoms with Gasteiger partial charge in [-0.25, -0.2) is 0 Å². The Hall–Kier alpha value is -1.59. The molecule has 0 bridgehead atoms. The molecule has 94 valence electrons. The number of hydrogen-bond donors (Lipinski definition) is 0. The number of rotatable bonds is 4. The summed E-state index contributed by atoms with van der Waals surface area (Å²) in [5, 5.41) is 3.19. The molecule has 2 aromatic rings. The number of alkyl halides is 1. The molecule has 7 heteroatoms. The maximum absolute atomic E-state index is 11.1. The molecule has 0 saturated carbocycles. The van der Waals surface area contributed by atoms with Crippen LogP contribution >= 0.6 is 23.2 Å². The maximum Gasteiger partial charge on any atom is 0.252 e. The Labute approximate surface area is 113 Å². The summed E-state index contributed by atoms with van der Waals surface area (Å²) in [7, 11) is 1.50. The molecule has 1 aromatic heterocycles. The summed E-state index contributed by atoms with van der Waals surface area (Å²) < 4.78 is 10.1. The number of benzene rings is 1. The van der Waals surface area contributed by atoms with Crippen LogP contribution in [0.15, 0.2) is 22.7 Å². The van der Waals surface area contributed by atoms with E-state index in [1.807, 2.05) is 0 Å². The second-order valence-electron chi connectivity index (χ2n) is 3.33. The van der Waals surface area contributed by atoms with Crippen LogP contribution in [0.5, 0.6) is 5.75 Å². The van der Waals surface area contributed by atoms with Crippen molar-refractivity contribution in [1.29, 1.82) is 0 Å². The molecule has 0 spiro atoms. The zero-order valence-corrected chi connectivity index (χ0v) is 10.8. The maximum atomic E-state index is 11.1. The molecule has 0 aliphatic heterocycles. The first-order chi connectivity index (χ1) is 8.65. The van der Waals surface area contributed by atoms with E-state index in [0.29, 0.717) is 22.7 Å². The smallest absolute Gasteiger partial charge is 0.252 e. The van der Waals surface area contributed by atoms with Crippen LogP contribution in [-0.4, -0.2) is 22.5 Å². The first kappa shape index (κ1) is 12.9. The fourth-order valence-corrected chi connectivity index (χ4v) is 1.65. The lowest BCUT2D eigenvalue weighted by molar-refractivity contribution is 0.108. The lowest BCUT2D eigenvalue weighted by Crippen LogP contribution is -1.94. The fraction of sp³-hybridized carbons (Fsp3) is 0.182. The summed E-state index contributed by atoms with van der Waals surface area (Å²) in [5.74, 6) is 1.21. The molecule has 1 aromatic carbocycles. The molecular weight excluding hydrogens is 279 g/mol. The molecule has 0 aliphatic carbocycles. The van der Waals surface area contributed by atoms with Gasteiger partial charge in [-0.05, 0) is 29.8 Å². The van der Waals surface area contributed by atoms with E-state index in [-0.39, 0.29) is 11.8 Å². The molecule has 1 heterocycles. The lowest BCUT2D eigenvalue weighted by Gasteiger charge is -2.05. The van der Waals surface area contributed by atoms with Gasteiger partial charge in [0.25, 0.3) is 5.24 Å². The van der Waals surface area contributed by atoms with Crippen LogP contribution in [0.25, 0.3) is 11.4 Å². The summed E-state index contributed by atoms with van der Waals surface area (Å²) in [6, 6.07) is 4.71. The number of nitrogens with zero attached hydrogens (tertiary/aromatic N) is 2. The van der Waals surface area contributed by atoms with Gasteiger partial charge in [0.1, 0.15) is 11.6 Å². The van der Waals surface area contributed by atoms with Crippen LogP contribution in [0.1, 0.15) is 16.2 Å².